The average molecular weight is 292 g/mol. The maximum atomic E-state index is 10.9. The summed E-state index contributed by atoms with van der Waals surface area (Å²) in [6.45, 7) is 0. The largest absolute Gasteiger partial charge is 0.481 e. The molecule has 1 atom stereocenters. The van der Waals surface area contributed by atoms with Crippen molar-refractivity contribution in [1.29, 1.82) is 0 Å². The van der Waals surface area contributed by atoms with E-state index in [2.05, 4.69) is 0 Å². The molecule has 0 saturated carbocycles. The van der Waals surface area contributed by atoms with Crippen LogP contribution in [0.4, 0.5) is 0 Å². The van der Waals surface area contributed by atoms with E-state index in [-0.39, 0.29) is 24.7 Å². The van der Waals surface area contributed by atoms with Crippen molar-refractivity contribution < 1.29 is 9.90 Å². The number of hydrogen-bond donors (Lipinski definition) is 2. The fraction of sp³-hybridized carbons (Fsp3) is 0.188. The molecule has 0 amide bonds. The van der Waals surface area contributed by atoms with Gasteiger partial charge in [-0.3, -0.25) is 4.79 Å². The molecular formula is C16H18ClNO2. The van der Waals surface area contributed by atoms with E-state index in [9.17, 15) is 4.79 Å². The lowest BCUT2D eigenvalue weighted by molar-refractivity contribution is -0.137. The molecule has 0 aromatic heterocycles. The first-order valence-electron chi connectivity index (χ1n) is 6.25. The quantitative estimate of drug-likeness (QED) is 0.890. The third-order valence-electron chi connectivity index (χ3n) is 3.16. The van der Waals surface area contributed by atoms with E-state index in [0.29, 0.717) is 0 Å². The summed E-state index contributed by atoms with van der Waals surface area (Å²) in [6.07, 6.45) is -0.0472. The summed E-state index contributed by atoms with van der Waals surface area (Å²) in [5, 5.41) is 8.95. The highest BCUT2D eigenvalue weighted by Gasteiger charge is 2.23. The van der Waals surface area contributed by atoms with Crippen LogP contribution in [0.3, 0.4) is 0 Å². The molecule has 0 aliphatic rings. The number of rotatable bonds is 5. The lowest BCUT2D eigenvalue weighted by Gasteiger charge is -2.23. The predicted molar refractivity (Wildman–Crippen MR) is 82.2 cm³/mol. The van der Waals surface area contributed by atoms with E-state index in [1.165, 1.54) is 0 Å². The molecule has 3 nitrogen and oxygen atoms in total. The Morgan fingerprint density at radius 2 is 1.35 bits per heavy atom. The molecule has 20 heavy (non-hydrogen) atoms. The summed E-state index contributed by atoms with van der Waals surface area (Å²) >= 11 is 0. The van der Waals surface area contributed by atoms with Gasteiger partial charge in [-0.25, -0.2) is 0 Å². The molecule has 0 bridgehead atoms. The van der Waals surface area contributed by atoms with Gasteiger partial charge < -0.3 is 10.8 Å². The second kappa shape index (κ2) is 7.68. The van der Waals surface area contributed by atoms with Crippen molar-refractivity contribution in [2.45, 2.75) is 18.4 Å². The second-order valence-electron chi connectivity index (χ2n) is 4.56. The summed E-state index contributed by atoms with van der Waals surface area (Å²) in [5.74, 6) is -0.970. The topological polar surface area (TPSA) is 63.3 Å². The molecule has 0 heterocycles. The van der Waals surface area contributed by atoms with Crippen LogP contribution in [-0.4, -0.2) is 17.1 Å². The SMILES string of the molecule is Cl.N[C@@H](CC(=O)O)C(c1ccccc1)c1ccccc1. The zero-order valence-corrected chi connectivity index (χ0v) is 11.8. The van der Waals surface area contributed by atoms with Crippen LogP contribution in [0.1, 0.15) is 23.5 Å². The van der Waals surface area contributed by atoms with Gasteiger partial charge in [0, 0.05) is 12.0 Å². The molecule has 0 unspecified atom stereocenters. The van der Waals surface area contributed by atoms with Gasteiger partial charge in [0.2, 0.25) is 0 Å². The van der Waals surface area contributed by atoms with Crippen molar-refractivity contribution in [3.05, 3.63) is 71.8 Å². The number of nitrogens with two attached hydrogens (primary N) is 1. The first-order valence-corrected chi connectivity index (χ1v) is 6.25. The van der Waals surface area contributed by atoms with E-state index in [1.54, 1.807) is 0 Å². The molecule has 2 aromatic carbocycles. The van der Waals surface area contributed by atoms with Crippen molar-refractivity contribution in [2.24, 2.45) is 5.73 Å². The highest BCUT2D eigenvalue weighted by atomic mass is 35.5. The Labute approximate surface area is 124 Å². The van der Waals surface area contributed by atoms with Crippen LogP contribution in [0.25, 0.3) is 0 Å². The van der Waals surface area contributed by atoms with E-state index in [0.717, 1.165) is 11.1 Å². The summed E-state index contributed by atoms with van der Waals surface area (Å²) in [7, 11) is 0. The van der Waals surface area contributed by atoms with Gasteiger partial charge in [-0.05, 0) is 11.1 Å². The van der Waals surface area contributed by atoms with Gasteiger partial charge in [0.25, 0.3) is 0 Å². The molecule has 0 spiro atoms. The highest BCUT2D eigenvalue weighted by Crippen LogP contribution is 2.28. The van der Waals surface area contributed by atoms with Crippen LogP contribution in [0.2, 0.25) is 0 Å². The van der Waals surface area contributed by atoms with Gasteiger partial charge in [0.15, 0.2) is 0 Å². The molecule has 2 aromatic rings. The number of halogens is 1. The molecule has 0 aliphatic heterocycles. The Balaban J connectivity index is 0.00000200. The Morgan fingerprint density at radius 3 is 1.70 bits per heavy atom. The first kappa shape index (κ1) is 16.2. The molecule has 0 aliphatic carbocycles. The third kappa shape index (κ3) is 4.08. The maximum absolute atomic E-state index is 10.9. The van der Waals surface area contributed by atoms with Crippen LogP contribution >= 0.6 is 12.4 Å². The lowest BCUT2D eigenvalue weighted by atomic mass is 9.84. The van der Waals surface area contributed by atoms with Crippen LogP contribution in [0.15, 0.2) is 60.7 Å². The summed E-state index contributed by atoms with van der Waals surface area (Å²) < 4.78 is 0. The summed E-state index contributed by atoms with van der Waals surface area (Å²) in [4.78, 5) is 10.9. The summed E-state index contributed by atoms with van der Waals surface area (Å²) in [6, 6.07) is 19.2. The Morgan fingerprint density at radius 1 is 0.950 bits per heavy atom. The molecular weight excluding hydrogens is 274 g/mol. The minimum atomic E-state index is -0.871. The minimum absolute atomic E-state index is 0. The third-order valence-corrected chi connectivity index (χ3v) is 3.16. The van der Waals surface area contributed by atoms with Crippen molar-refractivity contribution in [3.8, 4) is 0 Å². The average Bonchev–Trinajstić information content (AvgIpc) is 2.40. The predicted octanol–water partition coefficient (Wildman–Crippen LogP) is 3.04. The van der Waals surface area contributed by atoms with E-state index >= 15 is 0 Å². The van der Waals surface area contributed by atoms with Crippen molar-refractivity contribution in [3.63, 3.8) is 0 Å². The van der Waals surface area contributed by atoms with Crippen molar-refractivity contribution >= 4 is 18.4 Å². The normalized spacial score (nSPS) is 11.7. The van der Waals surface area contributed by atoms with Gasteiger partial charge in [-0.1, -0.05) is 60.7 Å². The van der Waals surface area contributed by atoms with Gasteiger partial charge >= 0.3 is 5.97 Å². The second-order valence-corrected chi connectivity index (χ2v) is 4.56. The fourth-order valence-electron chi connectivity index (χ4n) is 2.33. The van der Waals surface area contributed by atoms with E-state index < -0.39 is 12.0 Å². The van der Waals surface area contributed by atoms with Crippen LogP contribution in [0, 0.1) is 0 Å². The van der Waals surface area contributed by atoms with Crippen molar-refractivity contribution in [2.75, 3.05) is 0 Å². The van der Waals surface area contributed by atoms with E-state index in [1.807, 2.05) is 60.7 Å². The molecule has 0 radical (unpaired) electrons. The first-order chi connectivity index (χ1) is 9.18. The highest BCUT2D eigenvalue weighted by molar-refractivity contribution is 5.85. The number of aliphatic carboxylic acids is 1. The van der Waals surface area contributed by atoms with Gasteiger partial charge in [-0.15, -0.1) is 12.4 Å². The number of benzene rings is 2. The Hall–Kier alpha value is -1.84. The number of carboxylic acid groups (broad SMARTS) is 1. The summed E-state index contributed by atoms with van der Waals surface area (Å²) in [5.41, 5.74) is 8.19. The fourth-order valence-corrected chi connectivity index (χ4v) is 2.33. The lowest BCUT2D eigenvalue weighted by Crippen LogP contribution is -2.31. The number of hydrogen-bond acceptors (Lipinski definition) is 2. The molecule has 3 N–H and O–H groups in total. The Kier molecular flexibility index (Phi) is 6.22. The zero-order chi connectivity index (χ0) is 13.7. The zero-order valence-electron chi connectivity index (χ0n) is 11.0. The molecule has 4 heteroatoms. The van der Waals surface area contributed by atoms with Crippen molar-refractivity contribution in [1.82, 2.24) is 0 Å². The number of carbonyl (C=O) groups is 1. The standard InChI is InChI=1S/C16H17NO2.ClH/c17-14(11-15(18)19)16(12-7-3-1-4-8-12)13-9-5-2-6-10-13;/h1-10,14,16H,11,17H2,(H,18,19);1H/t14-;/m0./s1. The Bertz CT molecular complexity index is 491. The molecule has 0 saturated heterocycles. The monoisotopic (exact) mass is 291 g/mol. The number of carboxylic acids is 1. The maximum Gasteiger partial charge on any atom is 0.304 e. The molecule has 106 valence electrons. The van der Waals surface area contributed by atoms with Gasteiger partial charge in [0.1, 0.15) is 0 Å². The van der Waals surface area contributed by atoms with E-state index in [4.69, 9.17) is 10.8 Å². The minimum Gasteiger partial charge on any atom is -0.481 e. The van der Waals surface area contributed by atoms with Gasteiger partial charge in [-0.2, -0.15) is 0 Å². The van der Waals surface area contributed by atoms with Crippen LogP contribution < -0.4 is 5.73 Å². The van der Waals surface area contributed by atoms with Gasteiger partial charge in [0.05, 0.1) is 6.42 Å². The van der Waals surface area contributed by atoms with Crippen LogP contribution in [0.5, 0.6) is 0 Å². The smallest absolute Gasteiger partial charge is 0.304 e. The van der Waals surface area contributed by atoms with Crippen LogP contribution in [-0.2, 0) is 4.79 Å². The molecule has 2 rings (SSSR count). The molecule has 0 fully saturated rings.